The van der Waals surface area contributed by atoms with E-state index in [1.807, 2.05) is 0 Å². The Balaban J connectivity index is 2.24. The van der Waals surface area contributed by atoms with Crippen molar-refractivity contribution in [3.05, 3.63) is 11.5 Å². The zero-order valence-corrected chi connectivity index (χ0v) is 12.5. The Morgan fingerprint density at radius 1 is 1.45 bits per heavy atom. The second-order valence-electron chi connectivity index (χ2n) is 5.01. The number of rotatable bonds is 5. The number of nitrogens with two attached hydrogens (primary N) is 1. The molecule has 1 amide bonds. The molecular formula is C12H19ClN4O3. The molecule has 1 rings (SSSR count). The summed E-state index contributed by atoms with van der Waals surface area (Å²) < 4.78 is 10.5. The van der Waals surface area contributed by atoms with Crippen molar-refractivity contribution >= 4 is 23.5 Å². The third-order valence-corrected chi connectivity index (χ3v) is 2.29. The molecule has 0 saturated carbocycles. The van der Waals surface area contributed by atoms with Gasteiger partial charge in [-0.1, -0.05) is 11.6 Å². The minimum absolute atomic E-state index is 0.164. The van der Waals surface area contributed by atoms with Crippen LogP contribution < -0.4 is 15.8 Å². The Morgan fingerprint density at radius 2 is 2.15 bits per heavy atom. The van der Waals surface area contributed by atoms with Gasteiger partial charge in [-0.2, -0.15) is 0 Å². The average Bonchev–Trinajstić information content (AvgIpc) is 2.29. The highest BCUT2D eigenvalue weighted by Crippen LogP contribution is 2.26. The van der Waals surface area contributed by atoms with Gasteiger partial charge in [0, 0.05) is 6.54 Å². The summed E-state index contributed by atoms with van der Waals surface area (Å²) in [4.78, 5) is 18.9. The SMILES string of the molecule is CC(C)(C)OC(=O)NCCCOc1c(N)ncnc1Cl. The molecular weight excluding hydrogens is 284 g/mol. The van der Waals surface area contributed by atoms with E-state index in [4.69, 9.17) is 26.8 Å². The Labute approximate surface area is 122 Å². The van der Waals surface area contributed by atoms with Crippen LogP contribution in [-0.4, -0.2) is 34.8 Å². The highest BCUT2D eigenvalue weighted by molar-refractivity contribution is 6.31. The number of hydrogen-bond donors (Lipinski definition) is 2. The number of hydrogen-bond acceptors (Lipinski definition) is 6. The summed E-state index contributed by atoms with van der Waals surface area (Å²) in [5, 5.41) is 2.78. The van der Waals surface area contributed by atoms with Gasteiger partial charge in [0.2, 0.25) is 0 Å². The molecule has 0 aliphatic heterocycles. The summed E-state index contributed by atoms with van der Waals surface area (Å²) in [5.74, 6) is 0.441. The minimum atomic E-state index is -0.510. The predicted octanol–water partition coefficient (Wildman–Crippen LogP) is 2.01. The summed E-state index contributed by atoms with van der Waals surface area (Å²) in [6.07, 6.45) is 1.37. The lowest BCUT2D eigenvalue weighted by atomic mass is 10.2. The van der Waals surface area contributed by atoms with Gasteiger partial charge in [-0.15, -0.1) is 0 Å². The number of ether oxygens (including phenoxy) is 2. The third-order valence-electron chi connectivity index (χ3n) is 2.02. The van der Waals surface area contributed by atoms with E-state index >= 15 is 0 Å². The molecule has 0 spiro atoms. The summed E-state index contributed by atoms with van der Waals surface area (Å²) in [5.41, 5.74) is 5.09. The van der Waals surface area contributed by atoms with Gasteiger partial charge in [-0.3, -0.25) is 0 Å². The molecule has 0 saturated heterocycles. The van der Waals surface area contributed by atoms with Crippen LogP contribution in [0.5, 0.6) is 5.75 Å². The maximum atomic E-state index is 11.4. The van der Waals surface area contributed by atoms with Crippen LogP contribution in [0.2, 0.25) is 5.15 Å². The quantitative estimate of drug-likeness (QED) is 0.637. The molecule has 0 unspecified atom stereocenters. The van der Waals surface area contributed by atoms with Crippen molar-refractivity contribution in [2.75, 3.05) is 18.9 Å². The van der Waals surface area contributed by atoms with Crippen LogP contribution >= 0.6 is 11.6 Å². The smallest absolute Gasteiger partial charge is 0.407 e. The molecule has 0 bridgehead atoms. The van der Waals surface area contributed by atoms with Crippen LogP contribution in [0.25, 0.3) is 0 Å². The van der Waals surface area contributed by atoms with Gasteiger partial charge in [-0.25, -0.2) is 14.8 Å². The van der Waals surface area contributed by atoms with E-state index in [2.05, 4.69) is 15.3 Å². The zero-order valence-electron chi connectivity index (χ0n) is 11.8. The number of anilines is 1. The van der Waals surface area contributed by atoms with Crippen LogP contribution in [0, 0.1) is 0 Å². The molecule has 3 N–H and O–H groups in total. The Kier molecular flexibility index (Phi) is 5.82. The zero-order chi connectivity index (χ0) is 15.2. The summed E-state index contributed by atoms with van der Waals surface area (Å²) in [6.45, 7) is 6.15. The summed E-state index contributed by atoms with van der Waals surface area (Å²) in [6, 6.07) is 0. The van der Waals surface area contributed by atoms with E-state index in [0.717, 1.165) is 0 Å². The number of halogens is 1. The normalized spacial score (nSPS) is 11.0. The molecule has 0 aliphatic carbocycles. The number of nitrogens with zero attached hydrogens (tertiary/aromatic N) is 2. The summed E-state index contributed by atoms with van der Waals surface area (Å²) in [7, 11) is 0. The molecule has 0 fully saturated rings. The Morgan fingerprint density at radius 3 is 2.75 bits per heavy atom. The first-order valence-electron chi connectivity index (χ1n) is 6.15. The Hall–Kier alpha value is -1.76. The van der Waals surface area contributed by atoms with E-state index in [1.165, 1.54) is 6.33 Å². The van der Waals surface area contributed by atoms with E-state index < -0.39 is 11.7 Å². The molecule has 0 aromatic carbocycles. The second-order valence-corrected chi connectivity index (χ2v) is 5.37. The number of alkyl carbamates (subject to hydrolysis) is 1. The van der Waals surface area contributed by atoms with Gasteiger partial charge >= 0.3 is 6.09 Å². The number of aromatic nitrogens is 2. The van der Waals surface area contributed by atoms with Crippen molar-refractivity contribution in [2.24, 2.45) is 0 Å². The molecule has 7 nitrogen and oxygen atoms in total. The highest BCUT2D eigenvalue weighted by atomic mass is 35.5. The number of carbonyl (C=O) groups excluding carboxylic acids is 1. The maximum Gasteiger partial charge on any atom is 0.407 e. The fourth-order valence-corrected chi connectivity index (χ4v) is 1.44. The first kappa shape index (κ1) is 16.3. The molecule has 1 aromatic heterocycles. The monoisotopic (exact) mass is 302 g/mol. The molecule has 112 valence electrons. The molecule has 1 heterocycles. The number of amides is 1. The molecule has 0 atom stereocenters. The van der Waals surface area contributed by atoms with E-state index in [0.29, 0.717) is 19.6 Å². The number of nitrogen functional groups attached to an aromatic ring is 1. The largest absolute Gasteiger partial charge is 0.487 e. The van der Waals surface area contributed by atoms with E-state index in [-0.39, 0.29) is 16.7 Å². The van der Waals surface area contributed by atoms with Gasteiger partial charge in [0.1, 0.15) is 11.9 Å². The first-order valence-corrected chi connectivity index (χ1v) is 6.53. The molecule has 8 heteroatoms. The predicted molar refractivity (Wildman–Crippen MR) is 75.8 cm³/mol. The van der Waals surface area contributed by atoms with Crippen LogP contribution in [0.1, 0.15) is 27.2 Å². The standard InChI is InChI=1S/C12H19ClN4O3/c1-12(2,3)20-11(18)15-5-4-6-19-8-9(13)16-7-17-10(8)14/h7H,4-6H2,1-3H3,(H,15,18)(H2,14,16,17). The molecule has 0 aliphatic rings. The maximum absolute atomic E-state index is 11.4. The van der Waals surface area contributed by atoms with Crippen molar-refractivity contribution in [3.8, 4) is 5.75 Å². The number of carbonyl (C=O) groups is 1. The average molecular weight is 303 g/mol. The van der Waals surface area contributed by atoms with Crippen molar-refractivity contribution in [2.45, 2.75) is 32.8 Å². The van der Waals surface area contributed by atoms with Crippen molar-refractivity contribution < 1.29 is 14.3 Å². The fourth-order valence-electron chi connectivity index (χ4n) is 1.25. The summed E-state index contributed by atoms with van der Waals surface area (Å²) >= 11 is 5.82. The lowest BCUT2D eigenvalue weighted by Gasteiger charge is -2.19. The van der Waals surface area contributed by atoms with Gasteiger partial charge in [-0.05, 0) is 27.2 Å². The van der Waals surface area contributed by atoms with Crippen LogP contribution in [0.15, 0.2) is 6.33 Å². The number of nitrogens with one attached hydrogen (secondary N) is 1. The fraction of sp³-hybridized carbons (Fsp3) is 0.583. The molecule has 20 heavy (non-hydrogen) atoms. The van der Waals surface area contributed by atoms with Gasteiger partial charge in [0.15, 0.2) is 16.7 Å². The van der Waals surface area contributed by atoms with E-state index in [9.17, 15) is 4.79 Å². The van der Waals surface area contributed by atoms with Gasteiger partial charge in [0.25, 0.3) is 0 Å². The van der Waals surface area contributed by atoms with Gasteiger partial charge < -0.3 is 20.5 Å². The Bertz CT molecular complexity index is 442. The van der Waals surface area contributed by atoms with Gasteiger partial charge in [0.05, 0.1) is 6.61 Å². The van der Waals surface area contributed by atoms with Crippen LogP contribution in [0.3, 0.4) is 0 Å². The van der Waals surface area contributed by atoms with E-state index in [1.54, 1.807) is 20.8 Å². The third kappa shape index (κ3) is 5.92. The van der Waals surface area contributed by atoms with Crippen LogP contribution in [0.4, 0.5) is 10.6 Å². The molecule has 1 aromatic rings. The lowest BCUT2D eigenvalue weighted by Crippen LogP contribution is -2.33. The molecule has 0 radical (unpaired) electrons. The van der Waals surface area contributed by atoms with Crippen molar-refractivity contribution in [3.63, 3.8) is 0 Å². The van der Waals surface area contributed by atoms with Crippen molar-refractivity contribution in [1.29, 1.82) is 0 Å². The van der Waals surface area contributed by atoms with Crippen LogP contribution in [-0.2, 0) is 4.74 Å². The lowest BCUT2D eigenvalue weighted by molar-refractivity contribution is 0.0525. The topological polar surface area (TPSA) is 99.4 Å². The minimum Gasteiger partial charge on any atom is -0.487 e. The first-order chi connectivity index (χ1) is 9.29. The highest BCUT2D eigenvalue weighted by Gasteiger charge is 2.15. The van der Waals surface area contributed by atoms with Crippen molar-refractivity contribution in [1.82, 2.24) is 15.3 Å². The second kappa shape index (κ2) is 7.14.